The molecule has 0 spiro atoms. The van der Waals surface area contributed by atoms with Gasteiger partial charge in [0.1, 0.15) is 0 Å². The molecule has 0 radical (unpaired) electrons. The van der Waals surface area contributed by atoms with Gasteiger partial charge in [-0.05, 0) is 19.9 Å². The molecule has 1 saturated heterocycles. The minimum Gasteiger partial charge on any atom is -0.481 e. The average molecular weight is 281 g/mol. The molecule has 6 heteroatoms. The maximum atomic E-state index is 11.4. The van der Waals surface area contributed by atoms with Crippen LogP contribution in [0.1, 0.15) is 31.9 Å². The van der Waals surface area contributed by atoms with Gasteiger partial charge in [0.15, 0.2) is 0 Å². The third-order valence-electron chi connectivity index (χ3n) is 3.98. The highest BCUT2D eigenvalue weighted by Gasteiger charge is 2.39. The Morgan fingerprint density at radius 3 is 2.95 bits per heavy atom. The molecule has 1 fully saturated rings. The van der Waals surface area contributed by atoms with Crippen LogP contribution in [0.15, 0.2) is 12.4 Å². The van der Waals surface area contributed by atoms with Gasteiger partial charge >= 0.3 is 5.97 Å². The second-order valence-electron chi connectivity index (χ2n) is 5.41. The van der Waals surface area contributed by atoms with Crippen molar-refractivity contribution in [1.29, 1.82) is 0 Å². The first kappa shape index (κ1) is 15.0. The number of nitrogens with zero attached hydrogens (tertiary/aromatic N) is 3. The van der Waals surface area contributed by atoms with Crippen molar-refractivity contribution in [2.75, 3.05) is 19.8 Å². The summed E-state index contributed by atoms with van der Waals surface area (Å²) in [4.78, 5) is 13.6. The smallest absolute Gasteiger partial charge is 0.310 e. The Bertz CT molecular complexity index is 460. The van der Waals surface area contributed by atoms with Crippen molar-refractivity contribution in [1.82, 2.24) is 14.7 Å². The van der Waals surface area contributed by atoms with Crippen LogP contribution in [-0.4, -0.2) is 51.6 Å². The van der Waals surface area contributed by atoms with Crippen LogP contribution in [0.5, 0.6) is 0 Å². The van der Waals surface area contributed by atoms with E-state index >= 15 is 0 Å². The lowest BCUT2D eigenvalue weighted by Gasteiger charge is -2.35. The van der Waals surface area contributed by atoms with E-state index in [1.165, 1.54) is 0 Å². The first-order valence-electron chi connectivity index (χ1n) is 7.09. The van der Waals surface area contributed by atoms with Crippen molar-refractivity contribution in [3.05, 3.63) is 18.0 Å². The van der Waals surface area contributed by atoms with E-state index in [4.69, 9.17) is 4.74 Å². The van der Waals surface area contributed by atoms with Crippen LogP contribution in [0, 0.1) is 5.92 Å². The van der Waals surface area contributed by atoms with Crippen molar-refractivity contribution in [3.63, 3.8) is 0 Å². The van der Waals surface area contributed by atoms with Gasteiger partial charge in [0.2, 0.25) is 0 Å². The molecule has 0 saturated carbocycles. The normalized spacial score (nSPS) is 24.2. The number of aliphatic carboxylic acids is 1. The third kappa shape index (κ3) is 3.02. The highest BCUT2D eigenvalue weighted by atomic mass is 16.5. The van der Waals surface area contributed by atoms with Crippen molar-refractivity contribution < 1.29 is 14.6 Å². The molecule has 1 aliphatic rings. The number of rotatable bonds is 6. The fourth-order valence-electron chi connectivity index (χ4n) is 2.86. The molecule has 1 aromatic heterocycles. The molecular formula is C14H23N3O3. The monoisotopic (exact) mass is 281 g/mol. The van der Waals surface area contributed by atoms with E-state index in [-0.39, 0.29) is 12.1 Å². The first-order valence-corrected chi connectivity index (χ1v) is 7.09. The van der Waals surface area contributed by atoms with Crippen molar-refractivity contribution >= 4 is 5.97 Å². The van der Waals surface area contributed by atoms with Crippen LogP contribution < -0.4 is 0 Å². The zero-order valence-electron chi connectivity index (χ0n) is 12.3. The van der Waals surface area contributed by atoms with E-state index in [2.05, 4.69) is 23.8 Å². The molecule has 3 atom stereocenters. The Morgan fingerprint density at radius 2 is 2.40 bits per heavy atom. The molecular weight excluding hydrogens is 258 g/mol. The number of ether oxygens (including phenoxy) is 1. The maximum absolute atomic E-state index is 11.4. The summed E-state index contributed by atoms with van der Waals surface area (Å²) < 4.78 is 7.18. The topological polar surface area (TPSA) is 67.6 Å². The summed E-state index contributed by atoms with van der Waals surface area (Å²) in [6.07, 6.45) is 4.81. The lowest BCUT2D eigenvalue weighted by atomic mass is 9.99. The minimum absolute atomic E-state index is 0.0670. The van der Waals surface area contributed by atoms with Gasteiger partial charge in [0, 0.05) is 30.9 Å². The number of aryl methyl sites for hydroxylation is 1. The average Bonchev–Trinajstić information content (AvgIpc) is 3.03. The minimum atomic E-state index is -0.771. The summed E-state index contributed by atoms with van der Waals surface area (Å²) in [7, 11) is 1.89. The van der Waals surface area contributed by atoms with Crippen LogP contribution >= 0.6 is 0 Å². The van der Waals surface area contributed by atoms with E-state index < -0.39 is 11.9 Å². The highest BCUT2D eigenvalue weighted by molar-refractivity contribution is 5.71. The molecule has 1 N–H and O–H groups in total. The number of hydrogen-bond acceptors (Lipinski definition) is 4. The molecule has 0 aliphatic carbocycles. The predicted molar refractivity (Wildman–Crippen MR) is 74.4 cm³/mol. The van der Waals surface area contributed by atoms with E-state index in [1.807, 2.05) is 19.4 Å². The molecule has 0 aromatic carbocycles. The summed E-state index contributed by atoms with van der Waals surface area (Å²) in [6.45, 7) is 5.86. The Morgan fingerprint density at radius 1 is 1.65 bits per heavy atom. The lowest BCUT2D eigenvalue weighted by molar-refractivity contribution is -0.143. The number of carbonyl (C=O) groups is 1. The standard InChI is InChI=1S/C14H23N3O3/c1-4-5-17(10(2)11-6-15-16(3)7-11)13-9-20-8-12(13)14(18)19/h6-7,10,12-13H,4-5,8-9H2,1-3H3,(H,18,19). The second kappa shape index (κ2) is 6.37. The summed E-state index contributed by atoms with van der Waals surface area (Å²) >= 11 is 0. The maximum Gasteiger partial charge on any atom is 0.310 e. The summed E-state index contributed by atoms with van der Waals surface area (Å²) in [5.41, 5.74) is 1.11. The molecule has 20 heavy (non-hydrogen) atoms. The van der Waals surface area contributed by atoms with Gasteiger partial charge in [-0.1, -0.05) is 6.92 Å². The van der Waals surface area contributed by atoms with Gasteiger partial charge in [0.05, 0.1) is 25.3 Å². The number of carboxylic acid groups (broad SMARTS) is 1. The van der Waals surface area contributed by atoms with Crippen LogP contribution in [0.2, 0.25) is 0 Å². The number of hydrogen-bond donors (Lipinski definition) is 1. The quantitative estimate of drug-likeness (QED) is 0.851. The fraction of sp³-hybridized carbons (Fsp3) is 0.714. The van der Waals surface area contributed by atoms with Crippen LogP contribution in [0.3, 0.4) is 0 Å². The van der Waals surface area contributed by atoms with Gasteiger partial charge < -0.3 is 9.84 Å². The number of carboxylic acids is 1. The first-order chi connectivity index (χ1) is 9.54. The van der Waals surface area contributed by atoms with Crippen molar-refractivity contribution in [2.24, 2.45) is 13.0 Å². The van der Waals surface area contributed by atoms with Gasteiger partial charge in [0.25, 0.3) is 0 Å². The van der Waals surface area contributed by atoms with Gasteiger partial charge in [-0.25, -0.2) is 0 Å². The second-order valence-corrected chi connectivity index (χ2v) is 5.41. The lowest BCUT2D eigenvalue weighted by Crippen LogP contribution is -2.44. The van der Waals surface area contributed by atoms with Gasteiger partial charge in [-0.2, -0.15) is 5.10 Å². The molecule has 2 heterocycles. The van der Waals surface area contributed by atoms with Crippen molar-refractivity contribution in [2.45, 2.75) is 32.4 Å². The Kier molecular flexibility index (Phi) is 4.77. The SMILES string of the molecule is CCCN(C(C)c1cnn(C)c1)C1COCC1C(=O)O. The van der Waals surface area contributed by atoms with Gasteiger partial charge in [-0.3, -0.25) is 14.4 Å². The molecule has 0 amide bonds. The third-order valence-corrected chi connectivity index (χ3v) is 3.98. The van der Waals surface area contributed by atoms with Crippen LogP contribution in [0.4, 0.5) is 0 Å². The molecule has 2 rings (SSSR count). The summed E-state index contributed by atoms with van der Waals surface area (Å²) in [6, 6.07) is 0.0693. The molecule has 1 aromatic rings. The van der Waals surface area contributed by atoms with E-state index in [0.717, 1.165) is 18.5 Å². The van der Waals surface area contributed by atoms with E-state index in [9.17, 15) is 9.90 Å². The van der Waals surface area contributed by atoms with Crippen molar-refractivity contribution in [3.8, 4) is 0 Å². The Labute approximate surface area is 119 Å². The summed E-state index contributed by atoms with van der Waals surface area (Å²) in [5, 5.41) is 13.5. The van der Waals surface area contributed by atoms with E-state index in [1.54, 1.807) is 4.68 Å². The number of aromatic nitrogens is 2. The van der Waals surface area contributed by atoms with Crippen LogP contribution in [-0.2, 0) is 16.6 Å². The van der Waals surface area contributed by atoms with Gasteiger partial charge in [-0.15, -0.1) is 0 Å². The molecule has 0 bridgehead atoms. The molecule has 112 valence electrons. The highest BCUT2D eigenvalue weighted by Crippen LogP contribution is 2.29. The molecule has 3 unspecified atom stereocenters. The zero-order chi connectivity index (χ0) is 14.7. The Balaban J connectivity index is 2.19. The Hall–Kier alpha value is -1.40. The van der Waals surface area contributed by atoms with Crippen LogP contribution in [0.25, 0.3) is 0 Å². The predicted octanol–water partition coefficient (Wildman–Crippen LogP) is 1.29. The molecule has 1 aliphatic heterocycles. The molecule has 6 nitrogen and oxygen atoms in total. The summed E-state index contributed by atoms with van der Waals surface area (Å²) in [5.74, 6) is -1.22. The zero-order valence-corrected chi connectivity index (χ0v) is 12.3. The van der Waals surface area contributed by atoms with E-state index in [0.29, 0.717) is 13.2 Å². The fourth-order valence-corrected chi connectivity index (χ4v) is 2.86. The largest absolute Gasteiger partial charge is 0.481 e.